The van der Waals surface area contributed by atoms with Crippen LogP contribution in [0.3, 0.4) is 0 Å². The highest BCUT2D eigenvalue weighted by Gasteiger charge is 2.34. The Hall–Kier alpha value is -2.60. The Kier molecular flexibility index (Phi) is 4.75. The summed E-state index contributed by atoms with van der Waals surface area (Å²) in [5, 5.41) is 0. The molecule has 4 rings (SSSR count). The Morgan fingerprint density at radius 1 is 1.12 bits per heavy atom. The van der Waals surface area contributed by atoms with Crippen LogP contribution in [0.5, 0.6) is 5.75 Å². The van der Waals surface area contributed by atoms with Gasteiger partial charge in [-0.1, -0.05) is 24.3 Å². The standard InChI is InChI=1S/C20H21FN2O3/c21-16-5-3-4-15(12-16)13-23-14-19(20(24)22-8-10-25-11-9-22)26-18-7-2-1-6-17(18)23/h1-7,12,19H,8-11,13-14H2/t19-/m0/s1. The van der Waals surface area contributed by atoms with Crippen molar-refractivity contribution in [2.24, 2.45) is 0 Å². The molecule has 1 atom stereocenters. The van der Waals surface area contributed by atoms with Gasteiger partial charge < -0.3 is 19.3 Å². The second-order valence-corrected chi connectivity index (χ2v) is 6.52. The highest BCUT2D eigenvalue weighted by atomic mass is 19.1. The Morgan fingerprint density at radius 3 is 2.73 bits per heavy atom. The molecule has 0 saturated carbocycles. The van der Waals surface area contributed by atoms with Crippen molar-refractivity contribution >= 4 is 11.6 Å². The number of amides is 1. The number of halogens is 1. The average molecular weight is 356 g/mol. The molecule has 6 heteroatoms. The normalized spacial score (nSPS) is 19.7. The number of anilines is 1. The molecule has 2 aromatic carbocycles. The van der Waals surface area contributed by atoms with Gasteiger partial charge in [-0.3, -0.25) is 4.79 Å². The number of para-hydroxylation sites is 2. The Balaban J connectivity index is 1.57. The van der Waals surface area contributed by atoms with Crippen LogP contribution in [0.1, 0.15) is 5.56 Å². The third kappa shape index (κ3) is 3.51. The van der Waals surface area contributed by atoms with Crippen LogP contribution in [0.2, 0.25) is 0 Å². The van der Waals surface area contributed by atoms with Crippen LogP contribution in [0, 0.1) is 5.82 Å². The number of hydrogen-bond donors (Lipinski definition) is 0. The van der Waals surface area contributed by atoms with Crippen molar-refractivity contribution in [1.82, 2.24) is 4.90 Å². The molecule has 0 N–H and O–H groups in total. The van der Waals surface area contributed by atoms with Crippen molar-refractivity contribution in [2.75, 3.05) is 37.7 Å². The number of morpholine rings is 1. The van der Waals surface area contributed by atoms with E-state index in [4.69, 9.17) is 9.47 Å². The molecule has 5 nitrogen and oxygen atoms in total. The number of fused-ring (bicyclic) bond motifs is 1. The molecule has 2 aliphatic heterocycles. The van der Waals surface area contributed by atoms with Crippen molar-refractivity contribution in [3.63, 3.8) is 0 Å². The number of nitrogens with zero attached hydrogens (tertiary/aromatic N) is 2. The maximum Gasteiger partial charge on any atom is 0.265 e. The van der Waals surface area contributed by atoms with Crippen LogP contribution in [0.4, 0.5) is 10.1 Å². The van der Waals surface area contributed by atoms with Gasteiger partial charge in [0.05, 0.1) is 25.4 Å². The third-order valence-corrected chi connectivity index (χ3v) is 4.72. The van der Waals surface area contributed by atoms with Gasteiger partial charge in [-0.25, -0.2) is 4.39 Å². The minimum absolute atomic E-state index is 0.0213. The first-order chi connectivity index (χ1) is 12.7. The van der Waals surface area contributed by atoms with Crippen LogP contribution in [0.25, 0.3) is 0 Å². The summed E-state index contributed by atoms with van der Waals surface area (Å²) in [7, 11) is 0. The molecule has 2 aliphatic rings. The van der Waals surface area contributed by atoms with E-state index in [2.05, 4.69) is 4.90 Å². The SMILES string of the molecule is O=C([C@@H]1CN(Cc2cccc(F)c2)c2ccccc2O1)N1CCOCC1. The Bertz CT molecular complexity index is 792. The first-order valence-corrected chi connectivity index (χ1v) is 8.82. The molecule has 1 amide bonds. The number of carbonyl (C=O) groups excluding carboxylic acids is 1. The average Bonchev–Trinajstić information content (AvgIpc) is 2.68. The van der Waals surface area contributed by atoms with Crippen molar-refractivity contribution < 1.29 is 18.7 Å². The molecule has 26 heavy (non-hydrogen) atoms. The predicted octanol–water partition coefficient (Wildman–Crippen LogP) is 2.45. The van der Waals surface area contributed by atoms with E-state index in [9.17, 15) is 9.18 Å². The number of benzene rings is 2. The van der Waals surface area contributed by atoms with Gasteiger partial charge in [0.15, 0.2) is 6.10 Å². The summed E-state index contributed by atoms with van der Waals surface area (Å²) in [4.78, 5) is 16.7. The highest BCUT2D eigenvalue weighted by molar-refractivity contribution is 5.83. The van der Waals surface area contributed by atoms with Gasteiger partial charge >= 0.3 is 0 Å². The second kappa shape index (κ2) is 7.33. The van der Waals surface area contributed by atoms with E-state index in [1.54, 1.807) is 11.0 Å². The van der Waals surface area contributed by atoms with Crippen LogP contribution < -0.4 is 9.64 Å². The molecule has 1 fully saturated rings. The lowest BCUT2D eigenvalue weighted by atomic mass is 10.1. The summed E-state index contributed by atoms with van der Waals surface area (Å²) in [5.41, 5.74) is 1.78. The first kappa shape index (κ1) is 16.8. The molecule has 0 bridgehead atoms. The summed E-state index contributed by atoms with van der Waals surface area (Å²) in [5.74, 6) is 0.402. The van der Waals surface area contributed by atoms with E-state index in [0.29, 0.717) is 45.1 Å². The van der Waals surface area contributed by atoms with Crippen molar-refractivity contribution in [2.45, 2.75) is 12.6 Å². The van der Waals surface area contributed by atoms with Gasteiger partial charge in [-0.15, -0.1) is 0 Å². The minimum atomic E-state index is -0.573. The topological polar surface area (TPSA) is 42.0 Å². The monoisotopic (exact) mass is 356 g/mol. The fraction of sp³-hybridized carbons (Fsp3) is 0.350. The molecule has 0 radical (unpaired) electrons. The predicted molar refractivity (Wildman–Crippen MR) is 95.7 cm³/mol. The minimum Gasteiger partial charge on any atom is -0.477 e. The maximum atomic E-state index is 13.5. The summed E-state index contributed by atoms with van der Waals surface area (Å²) >= 11 is 0. The number of hydrogen-bond acceptors (Lipinski definition) is 4. The summed E-state index contributed by atoms with van der Waals surface area (Å²) < 4.78 is 24.9. The van der Waals surface area contributed by atoms with E-state index in [1.807, 2.05) is 30.3 Å². The molecule has 0 unspecified atom stereocenters. The van der Waals surface area contributed by atoms with Crippen molar-refractivity contribution in [1.29, 1.82) is 0 Å². The number of carbonyl (C=O) groups is 1. The van der Waals surface area contributed by atoms with E-state index >= 15 is 0 Å². The smallest absolute Gasteiger partial charge is 0.265 e. The van der Waals surface area contributed by atoms with Crippen LogP contribution in [-0.2, 0) is 16.1 Å². The number of rotatable bonds is 3. The lowest BCUT2D eigenvalue weighted by Crippen LogP contribution is -2.52. The van der Waals surface area contributed by atoms with Crippen molar-refractivity contribution in [3.8, 4) is 5.75 Å². The fourth-order valence-corrected chi connectivity index (χ4v) is 3.43. The maximum absolute atomic E-state index is 13.5. The largest absolute Gasteiger partial charge is 0.477 e. The molecule has 0 aliphatic carbocycles. The Labute approximate surface area is 151 Å². The summed E-state index contributed by atoms with van der Waals surface area (Å²) in [6, 6.07) is 14.2. The molecule has 136 valence electrons. The summed E-state index contributed by atoms with van der Waals surface area (Å²) in [6.45, 7) is 3.24. The molecule has 0 aromatic heterocycles. The van der Waals surface area contributed by atoms with Gasteiger partial charge in [-0.2, -0.15) is 0 Å². The van der Waals surface area contributed by atoms with Gasteiger partial charge in [0.1, 0.15) is 11.6 Å². The molecular formula is C20H21FN2O3. The zero-order valence-corrected chi connectivity index (χ0v) is 14.4. The lowest BCUT2D eigenvalue weighted by molar-refractivity contribution is -0.142. The van der Waals surface area contributed by atoms with E-state index in [0.717, 1.165) is 11.3 Å². The third-order valence-electron chi connectivity index (χ3n) is 4.72. The molecular weight excluding hydrogens is 335 g/mol. The van der Waals surface area contributed by atoms with Gasteiger partial charge in [0.2, 0.25) is 0 Å². The zero-order valence-electron chi connectivity index (χ0n) is 14.4. The van der Waals surface area contributed by atoms with Crippen LogP contribution in [0.15, 0.2) is 48.5 Å². The van der Waals surface area contributed by atoms with Crippen LogP contribution in [-0.4, -0.2) is 49.8 Å². The van der Waals surface area contributed by atoms with Gasteiger partial charge in [-0.05, 0) is 29.8 Å². The zero-order chi connectivity index (χ0) is 17.9. The van der Waals surface area contributed by atoms with Gasteiger partial charge in [0, 0.05) is 19.6 Å². The highest BCUT2D eigenvalue weighted by Crippen LogP contribution is 2.34. The molecule has 0 spiro atoms. The summed E-state index contributed by atoms with van der Waals surface area (Å²) in [6.07, 6.45) is -0.573. The first-order valence-electron chi connectivity index (χ1n) is 8.82. The molecule has 2 aromatic rings. The molecule has 1 saturated heterocycles. The van der Waals surface area contributed by atoms with Crippen molar-refractivity contribution in [3.05, 3.63) is 59.9 Å². The van der Waals surface area contributed by atoms with Crippen LogP contribution >= 0.6 is 0 Å². The van der Waals surface area contributed by atoms with Gasteiger partial charge in [0.25, 0.3) is 5.91 Å². The fourth-order valence-electron chi connectivity index (χ4n) is 3.43. The van der Waals surface area contributed by atoms with E-state index in [-0.39, 0.29) is 11.7 Å². The lowest BCUT2D eigenvalue weighted by Gasteiger charge is -2.38. The Morgan fingerprint density at radius 2 is 1.92 bits per heavy atom. The van der Waals surface area contributed by atoms with E-state index < -0.39 is 6.10 Å². The van der Waals surface area contributed by atoms with E-state index in [1.165, 1.54) is 12.1 Å². The molecule has 2 heterocycles. The quantitative estimate of drug-likeness (QED) is 0.847. The number of ether oxygens (including phenoxy) is 2. The second-order valence-electron chi connectivity index (χ2n) is 6.52.